The highest BCUT2D eigenvalue weighted by molar-refractivity contribution is 5.60. The summed E-state index contributed by atoms with van der Waals surface area (Å²) in [4.78, 5) is 22.6. The molecule has 0 aliphatic rings. The van der Waals surface area contributed by atoms with Gasteiger partial charge in [0.15, 0.2) is 0 Å². The lowest BCUT2D eigenvalue weighted by atomic mass is 10.2. The summed E-state index contributed by atoms with van der Waals surface area (Å²) in [6.45, 7) is -1.73. The number of aromatic nitrogens is 6. The van der Waals surface area contributed by atoms with Crippen molar-refractivity contribution >= 4 is 17.6 Å². The smallest absolute Gasteiger partial charge is 0.368 e. The van der Waals surface area contributed by atoms with Crippen molar-refractivity contribution in [2.45, 2.75) is 12.8 Å². The average Bonchev–Trinajstić information content (AvgIpc) is 3.28. The van der Waals surface area contributed by atoms with Crippen LogP contribution in [-0.2, 0) is 11.3 Å². The molecule has 0 radical (unpaired) electrons. The van der Waals surface area contributed by atoms with Crippen LogP contribution in [0.15, 0.2) is 53.2 Å². The van der Waals surface area contributed by atoms with Crippen LogP contribution in [-0.4, -0.2) is 49.9 Å². The number of pyridine rings is 1. The molecule has 0 saturated carbocycles. The van der Waals surface area contributed by atoms with Gasteiger partial charge in [-0.2, -0.15) is 33.1 Å². The Morgan fingerprint density at radius 1 is 1.00 bits per heavy atom. The number of ether oxygens (including phenoxy) is 1. The topological polar surface area (TPSA) is 129 Å². The van der Waals surface area contributed by atoms with E-state index in [1.54, 1.807) is 24.1 Å². The summed E-state index contributed by atoms with van der Waals surface area (Å²) in [5.74, 6) is 0.237. The van der Waals surface area contributed by atoms with Crippen LogP contribution in [0.2, 0.25) is 0 Å². The van der Waals surface area contributed by atoms with Crippen molar-refractivity contribution in [2.75, 3.05) is 24.3 Å². The molecule has 0 unspecified atom stereocenters. The second kappa shape index (κ2) is 9.16. The Labute approximate surface area is 185 Å². The van der Waals surface area contributed by atoms with E-state index in [1.165, 1.54) is 6.20 Å². The van der Waals surface area contributed by atoms with E-state index in [-0.39, 0.29) is 41.7 Å². The highest BCUT2D eigenvalue weighted by Crippen LogP contribution is 2.26. The average molecular weight is 458 g/mol. The summed E-state index contributed by atoms with van der Waals surface area (Å²) in [6, 6.07) is 12.5. The lowest BCUT2D eigenvalue weighted by Crippen LogP contribution is -2.17. The second-order valence-electron chi connectivity index (χ2n) is 6.75. The second-order valence-corrected chi connectivity index (χ2v) is 6.75. The number of benzene rings is 1. The first-order valence-corrected chi connectivity index (χ1v) is 9.53. The van der Waals surface area contributed by atoms with Crippen molar-refractivity contribution in [3.63, 3.8) is 0 Å². The summed E-state index contributed by atoms with van der Waals surface area (Å²) in [5, 5.41) is 3.86. The summed E-state index contributed by atoms with van der Waals surface area (Å²) in [7, 11) is 1.76. The summed E-state index contributed by atoms with van der Waals surface area (Å²) in [5.41, 5.74) is 7.19. The van der Waals surface area contributed by atoms with Gasteiger partial charge in [0.05, 0.1) is 6.61 Å². The van der Waals surface area contributed by atoms with Crippen LogP contribution in [0.3, 0.4) is 0 Å². The van der Waals surface area contributed by atoms with Crippen molar-refractivity contribution in [2.24, 2.45) is 0 Å². The predicted molar refractivity (Wildman–Crippen MR) is 111 cm³/mol. The molecule has 0 atom stereocenters. The Balaban J connectivity index is 1.60. The zero-order valence-corrected chi connectivity index (χ0v) is 17.2. The number of hydrogen-bond donors (Lipinski definition) is 1. The molecule has 4 rings (SSSR count). The molecule has 0 bridgehead atoms. The molecule has 0 amide bonds. The minimum absolute atomic E-state index is 0.00891. The van der Waals surface area contributed by atoms with Crippen LogP contribution in [0.1, 0.15) is 5.56 Å². The molecule has 13 heteroatoms. The SMILES string of the molecule is CN(c1ccccc1)c1nc(N)nc(-c2noc(-c3ncccc3COCC(F)(F)F)n2)n1. The van der Waals surface area contributed by atoms with Gasteiger partial charge in [0.1, 0.15) is 12.3 Å². The molecule has 2 N–H and O–H groups in total. The normalized spacial score (nSPS) is 11.5. The first-order valence-electron chi connectivity index (χ1n) is 9.53. The molecule has 10 nitrogen and oxygen atoms in total. The van der Waals surface area contributed by atoms with Gasteiger partial charge >= 0.3 is 6.18 Å². The van der Waals surface area contributed by atoms with E-state index in [1.807, 2.05) is 30.3 Å². The van der Waals surface area contributed by atoms with Gasteiger partial charge in [-0.25, -0.2) is 0 Å². The maximum absolute atomic E-state index is 12.4. The molecular weight excluding hydrogens is 441 g/mol. The fourth-order valence-electron chi connectivity index (χ4n) is 2.83. The largest absolute Gasteiger partial charge is 0.411 e. The van der Waals surface area contributed by atoms with Crippen molar-refractivity contribution in [1.29, 1.82) is 0 Å². The van der Waals surface area contributed by atoms with E-state index in [2.05, 4.69) is 30.1 Å². The minimum Gasteiger partial charge on any atom is -0.368 e. The number of para-hydroxylation sites is 1. The van der Waals surface area contributed by atoms with Gasteiger partial charge in [-0.05, 0) is 18.2 Å². The summed E-state index contributed by atoms with van der Waals surface area (Å²) < 4.78 is 47.2. The zero-order chi connectivity index (χ0) is 23.4. The molecular formula is C20H17F3N8O2. The Kier molecular flexibility index (Phi) is 6.13. The third kappa shape index (κ3) is 5.38. The number of alkyl halides is 3. The maximum Gasteiger partial charge on any atom is 0.411 e. The Hall–Kier alpha value is -4.13. The summed E-state index contributed by atoms with van der Waals surface area (Å²) in [6.07, 6.45) is -3.00. The fourth-order valence-corrected chi connectivity index (χ4v) is 2.83. The lowest BCUT2D eigenvalue weighted by molar-refractivity contribution is -0.176. The first-order chi connectivity index (χ1) is 15.8. The third-order valence-electron chi connectivity index (χ3n) is 4.33. The molecule has 0 spiro atoms. The van der Waals surface area contributed by atoms with Crippen molar-refractivity contribution < 1.29 is 22.4 Å². The van der Waals surface area contributed by atoms with E-state index in [9.17, 15) is 13.2 Å². The molecule has 0 saturated heterocycles. The van der Waals surface area contributed by atoms with Crippen molar-refractivity contribution in [3.8, 4) is 23.2 Å². The molecule has 33 heavy (non-hydrogen) atoms. The fraction of sp³-hybridized carbons (Fsp3) is 0.200. The standard InChI is InChI=1S/C20H17F3N8O2/c1-31(13-7-3-2-4-8-13)19-28-15(27-18(24)29-19)16-26-17(33-30-16)14-12(6-5-9-25-14)10-32-11-20(21,22)23/h2-9H,10-11H2,1H3,(H2,24,27,28,29). The number of rotatable bonds is 7. The minimum atomic E-state index is -4.44. The highest BCUT2D eigenvalue weighted by Gasteiger charge is 2.28. The van der Waals surface area contributed by atoms with Crippen LogP contribution in [0.4, 0.5) is 30.8 Å². The van der Waals surface area contributed by atoms with Crippen LogP contribution in [0.25, 0.3) is 23.2 Å². The molecule has 170 valence electrons. The van der Waals surface area contributed by atoms with Gasteiger partial charge < -0.3 is 19.9 Å². The number of nitrogen functional groups attached to an aromatic ring is 1. The van der Waals surface area contributed by atoms with Crippen LogP contribution in [0, 0.1) is 0 Å². The van der Waals surface area contributed by atoms with E-state index in [0.717, 1.165) is 5.69 Å². The van der Waals surface area contributed by atoms with Gasteiger partial charge in [0.2, 0.25) is 23.5 Å². The number of nitrogens with zero attached hydrogens (tertiary/aromatic N) is 7. The Morgan fingerprint density at radius 3 is 2.55 bits per heavy atom. The van der Waals surface area contributed by atoms with E-state index in [4.69, 9.17) is 15.0 Å². The van der Waals surface area contributed by atoms with E-state index < -0.39 is 12.8 Å². The predicted octanol–water partition coefficient (Wildman–Crippen LogP) is 3.41. The van der Waals surface area contributed by atoms with Crippen LogP contribution in [0.5, 0.6) is 0 Å². The first kappa shape index (κ1) is 22.1. The molecule has 1 aromatic carbocycles. The molecule has 0 aliphatic carbocycles. The van der Waals surface area contributed by atoms with E-state index >= 15 is 0 Å². The highest BCUT2D eigenvalue weighted by atomic mass is 19.4. The van der Waals surface area contributed by atoms with Gasteiger partial charge in [-0.15, -0.1) is 0 Å². The van der Waals surface area contributed by atoms with Gasteiger partial charge in [-0.3, -0.25) is 4.98 Å². The number of hydrogen-bond acceptors (Lipinski definition) is 10. The summed E-state index contributed by atoms with van der Waals surface area (Å²) >= 11 is 0. The van der Waals surface area contributed by atoms with Crippen LogP contribution >= 0.6 is 0 Å². The molecule has 3 aromatic heterocycles. The number of anilines is 3. The Bertz CT molecular complexity index is 1230. The van der Waals surface area contributed by atoms with E-state index in [0.29, 0.717) is 5.56 Å². The number of halogens is 3. The quantitative estimate of drug-likeness (QED) is 0.440. The molecule has 4 aromatic rings. The van der Waals surface area contributed by atoms with Crippen molar-refractivity contribution in [1.82, 2.24) is 30.1 Å². The zero-order valence-electron chi connectivity index (χ0n) is 17.2. The number of nitrogens with two attached hydrogens (primary N) is 1. The molecule has 0 fully saturated rings. The van der Waals surface area contributed by atoms with Crippen LogP contribution < -0.4 is 10.6 Å². The molecule has 3 heterocycles. The van der Waals surface area contributed by atoms with Gasteiger partial charge in [0, 0.05) is 24.5 Å². The third-order valence-corrected chi connectivity index (χ3v) is 4.33. The van der Waals surface area contributed by atoms with Gasteiger partial charge in [-0.1, -0.05) is 29.4 Å². The van der Waals surface area contributed by atoms with Gasteiger partial charge in [0.25, 0.3) is 5.89 Å². The molecule has 0 aliphatic heterocycles. The van der Waals surface area contributed by atoms with Crippen molar-refractivity contribution in [3.05, 3.63) is 54.2 Å². The maximum atomic E-state index is 12.4. The lowest BCUT2D eigenvalue weighted by Gasteiger charge is -2.17. The Morgan fingerprint density at radius 2 is 1.79 bits per heavy atom. The monoisotopic (exact) mass is 458 g/mol.